The number of rotatable bonds is 4. The van der Waals surface area contributed by atoms with Crippen LogP contribution in [0, 0.1) is 0 Å². The van der Waals surface area contributed by atoms with E-state index in [1.165, 1.54) is 0 Å². The Bertz CT molecular complexity index is 1140. The van der Waals surface area contributed by atoms with Crippen molar-refractivity contribution in [2.75, 3.05) is 26.7 Å². The van der Waals surface area contributed by atoms with E-state index in [1.807, 2.05) is 48.7 Å². The predicted molar refractivity (Wildman–Crippen MR) is 113 cm³/mol. The van der Waals surface area contributed by atoms with Gasteiger partial charge in [0.1, 0.15) is 23.6 Å². The topological polar surface area (TPSA) is 104 Å². The normalized spacial score (nSPS) is 13.9. The van der Waals surface area contributed by atoms with E-state index in [4.69, 9.17) is 14.6 Å². The second-order valence-electron chi connectivity index (χ2n) is 7.29. The number of carbonyl (C=O) groups excluding carboxylic acids is 2. The largest absolute Gasteiger partial charge is 0.497 e. The molecule has 180 valence electrons. The minimum Gasteiger partial charge on any atom is -0.497 e. The maximum Gasteiger partial charge on any atom is 0.490 e. The zero-order valence-corrected chi connectivity index (χ0v) is 18.0. The zero-order chi connectivity index (χ0) is 24.9. The number of imidazole rings is 1. The van der Waals surface area contributed by atoms with Crippen molar-refractivity contribution in [1.82, 2.24) is 19.2 Å². The molecule has 34 heavy (non-hydrogen) atoms. The third kappa shape index (κ3) is 6.03. The van der Waals surface area contributed by atoms with Crippen LogP contribution in [0.5, 0.6) is 5.75 Å². The van der Waals surface area contributed by atoms with Gasteiger partial charge < -0.3 is 24.0 Å². The molecule has 0 bridgehead atoms. The van der Waals surface area contributed by atoms with Crippen LogP contribution >= 0.6 is 0 Å². The SMILES string of the molecule is COc1ccc(CN2CCN(C(=O)c3cn4ccccc4n3)CC2=O)cc1.O=C(O)C(F)(F)F. The van der Waals surface area contributed by atoms with E-state index < -0.39 is 12.1 Å². The van der Waals surface area contributed by atoms with Gasteiger partial charge in [-0.25, -0.2) is 9.78 Å². The third-order valence-corrected chi connectivity index (χ3v) is 4.96. The monoisotopic (exact) mass is 478 g/mol. The van der Waals surface area contributed by atoms with E-state index in [9.17, 15) is 22.8 Å². The summed E-state index contributed by atoms with van der Waals surface area (Å²) in [6.07, 6.45) is -1.54. The molecular weight excluding hydrogens is 457 g/mol. The molecule has 1 saturated heterocycles. The fraction of sp³-hybridized carbons (Fsp3) is 0.273. The van der Waals surface area contributed by atoms with Gasteiger partial charge in [-0.15, -0.1) is 0 Å². The molecule has 4 rings (SSSR count). The highest BCUT2D eigenvalue weighted by Gasteiger charge is 2.38. The zero-order valence-electron chi connectivity index (χ0n) is 18.0. The van der Waals surface area contributed by atoms with Crippen molar-refractivity contribution in [1.29, 1.82) is 0 Å². The minimum atomic E-state index is -5.08. The maximum atomic E-state index is 12.7. The molecule has 3 heterocycles. The Morgan fingerprint density at radius 2 is 1.79 bits per heavy atom. The molecule has 1 aliphatic heterocycles. The first-order chi connectivity index (χ1) is 16.1. The van der Waals surface area contributed by atoms with Crippen molar-refractivity contribution < 1.29 is 37.4 Å². The average molecular weight is 478 g/mol. The van der Waals surface area contributed by atoms with E-state index in [0.717, 1.165) is 11.3 Å². The molecule has 0 aliphatic carbocycles. The lowest BCUT2D eigenvalue weighted by Gasteiger charge is -2.34. The van der Waals surface area contributed by atoms with E-state index in [1.54, 1.807) is 27.5 Å². The highest BCUT2D eigenvalue weighted by molar-refractivity contribution is 5.96. The number of fused-ring (bicyclic) bond motifs is 1. The molecule has 9 nitrogen and oxygen atoms in total. The van der Waals surface area contributed by atoms with Gasteiger partial charge in [0.05, 0.1) is 7.11 Å². The number of hydrogen-bond acceptors (Lipinski definition) is 5. The quantitative estimate of drug-likeness (QED) is 0.618. The number of carboxylic acid groups (broad SMARTS) is 1. The van der Waals surface area contributed by atoms with Crippen molar-refractivity contribution in [2.45, 2.75) is 12.7 Å². The van der Waals surface area contributed by atoms with Gasteiger partial charge in [0.2, 0.25) is 5.91 Å². The molecule has 2 aromatic heterocycles. The first-order valence-electron chi connectivity index (χ1n) is 10.0. The molecule has 0 saturated carbocycles. The number of pyridine rings is 1. The number of aliphatic carboxylic acids is 1. The van der Waals surface area contributed by atoms with E-state index >= 15 is 0 Å². The fourth-order valence-corrected chi connectivity index (χ4v) is 3.20. The number of ether oxygens (including phenoxy) is 1. The number of methoxy groups -OCH3 is 1. The summed E-state index contributed by atoms with van der Waals surface area (Å²) in [6.45, 7) is 1.60. The van der Waals surface area contributed by atoms with Crippen molar-refractivity contribution in [3.8, 4) is 5.75 Å². The second-order valence-corrected chi connectivity index (χ2v) is 7.29. The van der Waals surface area contributed by atoms with Crippen LogP contribution in [0.3, 0.4) is 0 Å². The van der Waals surface area contributed by atoms with Crippen LogP contribution in [-0.4, -0.2) is 75.0 Å². The number of hydrogen-bond donors (Lipinski definition) is 1. The standard InChI is InChI=1S/C20H20N4O3.C2HF3O2/c1-27-16-7-5-15(6-8-16)12-23-10-11-24(14-19(23)25)20(26)17-13-22-9-3-2-4-18(22)21-17;3-2(4,5)1(6)7/h2-9,13H,10-12,14H2,1H3;(H,6,7). The van der Waals surface area contributed by atoms with Crippen molar-refractivity contribution >= 4 is 23.4 Å². The Kier molecular flexibility index (Phi) is 7.39. The van der Waals surface area contributed by atoms with Crippen LogP contribution in [0.4, 0.5) is 13.2 Å². The molecule has 1 aromatic carbocycles. The number of halogens is 3. The lowest BCUT2D eigenvalue weighted by Crippen LogP contribution is -2.51. The molecule has 12 heteroatoms. The second kappa shape index (κ2) is 10.2. The molecule has 1 fully saturated rings. The van der Waals surface area contributed by atoms with Gasteiger partial charge in [-0.3, -0.25) is 9.59 Å². The van der Waals surface area contributed by atoms with E-state index in [2.05, 4.69) is 4.98 Å². The van der Waals surface area contributed by atoms with Gasteiger partial charge in [-0.05, 0) is 29.8 Å². The lowest BCUT2D eigenvalue weighted by molar-refractivity contribution is -0.192. The summed E-state index contributed by atoms with van der Waals surface area (Å²) in [6, 6.07) is 13.2. The van der Waals surface area contributed by atoms with Crippen LogP contribution < -0.4 is 4.74 Å². The van der Waals surface area contributed by atoms with Crippen molar-refractivity contribution in [2.24, 2.45) is 0 Å². The Balaban J connectivity index is 0.000000406. The maximum absolute atomic E-state index is 12.7. The molecule has 0 spiro atoms. The Labute approximate surface area is 192 Å². The number of aromatic nitrogens is 2. The highest BCUT2D eigenvalue weighted by Crippen LogP contribution is 2.16. The summed E-state index contributed by atoms with van der Waals surface area (Å²) in [4.78, 5) is 41.8. The van der Waals surface area contributed by atoms with Gasteiger partial charge in [-0.2, -0.15) is 13.2 Å². The van der Waals surface area contributed by atoms with E-state index in [0.29, 0.717) is 31.0 Å². The first-order valence-corrected chi connectivity index (χ1v) is 10.0. The summed E-state index contributed by atoms with van der Waals surface area (Å²) in [5.41, 5.74) is 2.10. The Hall–Kier alpha value is -4.09. The van der Waals surface area contributed by atoms with Crippen LogP contribution in [0.1, 0.15) is 16.1 Å². The van der Waals surface area contributed by atoms with Crippen LogP contribution in [0.25, 0.3) is 5.65 Å². The molecule has 2 amide bonds. The summed E-state index contributed by atoms with van der Waals surface area (Å²) < 4.78 is 38.7. The van der Waals surface area contributed by atoms with Crippen molar-refractivity contribution in [3.63, 3.8) is 0 Å². The predicted octanol–water partition coefficient (Wildman–Crippen LogP) is 2.46. The Morgan fingerprint density at radius 1 is 1.12 bits per heavy atom. The number of piperazine rings is 1. The third-order valence-electron chi connectivity index (χ3n) is 4.96. The molecule has 1 N–H and O–H groups in total. The van der Waals surface area contributed by atoms with Crippen molar-refractivity contribution in [3.05, 3.63) is 66.1 Å². The van der Waals surface area contributed by atoms with Gasteiger partial charge >= 0.3 is 12.1 Å². The summed E-state index contributed by atoms with van der Waals surface area (Å²) in [5, 5.41) is 7.12. The Morgan fingerprint density at radius 3 is 2.35 bits per heavy atom. The molecule has 3 aromatic rings. The fourth-order valence-electron chi connectivity index (χ4n) is 3.20. The summed E-state index contributed by atoms with van der Waals surface area (Å²) in [7, 11) is 1.62. The molecule has 1 aliphatic rings. The minimum absolute atomic E-state index is 0.0609. The van der Waals surface area contributed by atoms with Crippen LogP contribution in [0.2, 0.25) is 0 Å². The smallest absolute Gasteiger partial charge is 0.490 e. The number of nitrogens with zero attached hydrogens (tertiary/aromatic N) is 4. The number of amides is 2. The van der Waals surface area contributed by atoms with Crippen LogP contribution in [0.15, 0.2) is 54.9 Å². The lowest BCUT2D eigenvalue weighted by atomic mass is 10.2. The average Bonchev–Trinajstić information content (AvgIpc) is 3.24. The van der Waals surface area contributed by atoms with Gasteiger partial charge in [0.25, 0.3) is 5.91 Å². The number of carboxylic acids is 1. The molecule has 0 radical (unpaired) electrons. The number of benzene rings is 1. The highest BCUT2D eigenvalue weighted by atomic mass is 19.4. The molecular formula is C22H21F3N4O5. The van der Waals surface area contributed by atoms with Gasteiger partial charge in [0, 0.05) is 32.0 Å². The summed E-state index contributed by atoms with van der Waals surface area (Å²) in [5.74, 6) is -2.24. The summed E-state index contributed by atoms with van der Waals surface area (Å²) >= 11 is 0. The first kappa shape index (κ1) is 24.6. The number of carbonyl (C=O) groups is 3. The van der Waals surface area contributed by atoms with Gasteiger partial charge in [0.15, 0.2) is 0 Å². The van der Waals surface area contributed by atoms with Gasteiger partial charge in [-0.1, -0.05) is 18.2 Å². The number of alkyl halides is 3. The molecule has 0 atom stereocenters. The van der Waals surface area contributed by atoms with Crippen LogP contribution in [-0.2, 0) is 16.1 Å². The molecule has 0 unspecified atom stereocenters. The van der Waals surface area contributed by atoms with E-state index in [-0.39, 0.29) is 18.4 Å².